The third-order valence-electron chi connectivity index (χ3n) is 2.73. The molecule has 1 heterocycles. The van der Waals surface area contributed by atoms with Gasteiger partial charge in [-0.15, -0.1) is 0 Å². The van der Waals surface area contributed by atoms with Crippen molar-refractivity contribution in [2.45, 2.75) is 0 Å². The van der Waals surface area contributed by atoms with Gasteiger partial charge in [0.2, 0.25) is 15.9 Å². The first kappa shape index (κ1) is 12.1. The highest BCUT2D eigenvalue weighted by Gasteiger charge is 2.37. The molecule has 6 heteroatoms. The summed E-state index contributed by atoms with van der Waals surface area (Å²) in [7, 11) is -3.15. The number of nitrogens with one attached hydrogen (secondary N) is 1. The lowest BCUT2D eigenvalue weighted by Crippen LogP contribution is -2.53. The van der Waals surface area contributed by atoms with E-state index < -0.39 is 10.0 Å². The molecule has 1 aromatic carbocycles. The molecular formula is C11H14N2O3S. The van der Waals surface area contributed by atoms with Gasteiger partial charge in [-0.05, 0) is 12.1 Å². The predicted octanol–water partition coefficient (Wildman–Crippen LogP) is 0.516. The van der Waals surface area contributed by atoms with Gasteiger partial charge in [0.05, 0.1) is 12.2 Å². The average molecular weight is 254 g/mol. The van der Waals surface area contributed by atoms with E-state index in [9.17, 15) is 13.2 Å². The average Bonchev–Trinajstić information content (AvgIpc) is 2.14. The minimum atomic E-state index is -3.15. The van der Waals surface area contributed by atoms with E-state index in [0.29, 0.717) is 0 Å². The first-order chi connectivity index (χ1) is 7.97. The van der Waals surface area contributed by atoms with Crippen LogP contribution < -0.4 is 5.32 Å². The number of carbonyl (C=O) groups excluding carboxylic acids is 1. The third kappa shape index (κ3) is 2.83. The van der Waals surface area contributed by atoms with E-state index in [0.717, 1.165) is 11.9 Å². The Bertz CT molecular complexity index is 507. The number of rotatable bonds is 3. The number of nitrogens with zero attached hydrogens (tertiary/aromatic N) is 1. The lowest BCUT2D eigenvalue weighted by Gasteiger charge is -2.35. The van der Waals surface area contributed by atoms with Gasteiger partial charge in [-0.25, -0.2) is 12.7 Å². The van der Waals surface area contributed by atoms with Gasteiger partial charge in [0.15, 0.2) is 0 Å². The summed E-state index contributed by atoms with van der Waals surface area (Å²) in [5.74, 6) is -0.374. The molecule has 1 amide bonds. The largest absolute Gasteiger partial charge is 0.326 e. The molecule has 0 radical (unpaired) electrons. The summed E-state index contributed by atoms with van der Waals surface area (Å²) in [5, 5.41) is 2.76. The fraction of sp³-hybridized carbons (Fsp3) is 0.364. The number of benzene rings is 1. The van der Waals surface area contributed by atoms with E-state index in [4.69, 9.17) is 0 Å². The number of anilines is 1. The molecule has 1 saturated heterocycles. The topological polar surface area (TPSA) is 66.5 Å². The second kappa shape index (κ2) is 4.46. The molecule has 0 bridgehead atoms. The highest BCUT2D eigenvalue weighted by atomic mass is 32.2. The molecule has 0 saturated carbocycles. The number of para-hydroxylation sites is 1. The number of carbonyl (C=O) groups is 1. The monoisotopic (exact) mass is 254 g/mol. The molecule has 1 aliphatic heterocycles. The van der Waals surface area contributed by atoms with Gasteiger partial charge in [0.25, 0.3) is 0 Å². The van der Waals surface area contributed by atoms with E-state index in [2.05, 4.69) is 5.32 Å². The molecule has 2 rings (SSSR count). The van der Waals surface area contributed by atoms with E-state index >= 15 is 0 Å². The molecule has 17 heavy (non-hydrogen) atoms. The van der Waals surface area contributed by atoms with Gasteiger partial charge in [-0.3, -0.25) is 4.79 Å². The van der Waals surface area contributed by atoms with Crippen LogP contribution in [0.1, 0.15) is 0 Å². The molecule has 5 nitrogen and oxygen atoms in total. The molecule has 0 unspecified atom stereocenters. The van der Waals surface area contributed by atoms with Crippen molar-refractivity contribution in [1.29, 1.82) is 0 Å². The number of hydrogen-bond donors (Lipinski definition) is 1. The molecule has 1 aromatic rings. The summed E-state index contributed by atoms with van der Waals surface area (Å²) in [6.45, 7) is 0.551. The summed E-state index contributed by atoms with van der Waals surface area (Å²) in [6, 6.07) is 9.12. The number of sulfonamides is 1. The maximum absolute atomic E-state index is 11.7. The summed E-state index contributed by atoms with van der Waals surface area (Å²) in [6.07, 6.45) is 1.15. The second-order valence-electron chi connectivity index (χ2n) is 4.13. The van der Waals surface area contributed by atoms with Gasteiger partial charge in [0, 0.05) is 18.8 Å². The van der Waals surface area contributed by atoms with Crippen LogP contribution in [0.4, 0.5) is 5.69 Å². The van der Waals surface area contributed by atoms with Crippen molar-refractivity contribution in [1.82, 2.24) is 4.31 Å². The molecule has 1 fully saturated rings. The zero-order chi connectivity index (χ0) is 12.5. The highest BCUT2D eigenvalue weighted by Crippen LogP contribution is 2.20. The Morgan fingerprint density at radius 3 is 2.41 bits per heavy atom. The SMILES string of the molecule is CS(=O)(=O)N1CC(C(=O)Nc2ccccc2)C1. The molecule has 0 spiro atoms. The quantitative estimate of drug-likeness (QED) is 0.855. The number of amides is 1. The smallest absolute Gasteiger partial charge is 0.230 e. The predicted molar refractivity (Wildman–Crippen MR) is 65.0 cm³/mol. The Kier molecular flexibility index (Phi) is 3.17. The maximum Gasteiger partial charge on any atom is 0.230 e. The zero-order valence-electron chi connectivity index (χ0n) is 9.46. The minimum absolute atomic E-state index is 0.129. The van der Waals surface area contributed by atoms with Gasteiger partial charge >= 0.3 is 0 Å². The van der Waals surface area contributed by atoms with Crippen molar-refractivity contribution in [2.24, 2.45) is 5.92 Å². The maximum atomic E-state index is 11.7. The summed E-state index contributed by atoms with van der Waals surface area (Å²) < 4.78 is 23.6. The van der Waals surface area contributed by atoms with Crippen molar-refractivity contribution in [3.8, 4) is 0 Å². The first-order valence-corrected chi connectivity index (χ1v) is 7.12. The first-order valence-electron chi connectivity index (χ1n) is 5.28. The highest BCUT2D eigenvalue weighted by molar-refractivity contribution is 7.88. The van der Waals surface area contributed by atoms with Gasteiger partial charge in [-0.2, -0.15) is 0 Å². The van der Waals surface area contributed by atoms with Crippen LogP contribution in [0.2, 0.25) is 0 Å². The van der Waals surface area contributed by atoms with Gasteiger partial charge in [0.1, 0.15) is 0 Å². The zero-order valence-corrected chi connectivity index (χ0v) is 10.3. The van der Waals surface area contributed by atoms with Crippen molar-refractivity contribution < 1.29 is 13.2 Å². The standard InChI is InChI=1S/C11H14N2O3S/c1-17(15,16)13-7-9(8-13)11(14)12-10-5-3-2-4-6-10/h2-6,9H,7-8H2,1H3,(H,12,14). The third-order valence-corrected chi connectivity index (χ3v) is 3.97. The van der Waals surface area contributed by atoms with Crippen LogP contribution in [0, 0.1) is 5.92 Å². The normalized spacial score (nSPS) is 17.5. The molecule has 1 N–H and O–H groups in total. The lowest BCUT2D eigenvalue weighted by molar-refractivity contribution is -0.122. The molecule has 0 atom stereocenters. The van der Waals surface area contributed by atoms with Crippen LogP contribution in [0.15, 0.2) is 30.3 Å². The van der Waals surface area contributed by atoms with Crippen LogP contribution in [0.5, 0.6) is 0 Å². The van der Waals surface area contributed by atoms with Crippen LogP contribution >= 0.6 is 0 Å². The molecule has 92 valence electrons. The van der Waals surface area contributed by atoms with E-state index in [-0.39, 0.29) is 24.9 Å². The van der Waals surface area contributed by atoms with E-state index in [1.165, 1.54) is 4.31 Å². The molecule has 1 aliphatic rings. The molecule has 0 aliphatic carbocycles. The minimum Gasteiger partial charge on any atom is -0.326 e. The van der Waals surface area contributed by atoms with Crippen molar-refractivity contribution in [2.75, 3.05) is 24.7 Å². The Hall–Kier alpha value is -1.40. The fourth-order valence-electron chi connectivity index (χ4n) is 1.64. The van der Waals surface area contributed by atoms with Crippen molar-refractivity contribution >= 4 is 21.6 Å². The van der Waals surface area contributed by atoms with Crippen LogP contribution in [-0.2, 0) is 14.8 Å². The van der Waals surface area contributed by atoms with Crippen LogP contribution in [0.3, 0.4) is 0 Å². The van der Waals surface area contributed by atoms with Crippen LogP contribution in [-0.4, -0.2) is 38.0 Å². The van der Waals surface area contributed by atoms with Gasteiger partial charge < -0.3 is 5.32 Å². The Labute approximate surface area is 100 Å². The Morgan fingerprint density at radius 1 is 1.29 bits per heavy atom. The molecular weight excluding hydrogens is 240 g/mol. The van der Waals surface area contributed by atoms with E-state index in [1.807, 2.05) is 18.2 Å². The van der Waals surface area contributed by atoms with Crippen molar-refractivity contribution in [3.63, 3.8) is 0 Å². The summed E-state index contributed by atoms with van der Waals surface area (Å²) in [4.78, 5) is 11.7. The Balaban J connectivity index is 1.88. The lowest BCUT2D eigenvalue weighted by atomic mass is 10.0. The summed E-state index contributed by atoms with van der Waals surface area (Å²) >= 11 is 0. The summed E-state index contributed by atoms with van der Waals surface area (Å²) in [5.41, 5.74) is 0.732. The van der Waals surface area contributed by atoms with Crippen molar-refractivity contribution in [3.05, 3.63) is 30.3 Å². The second-order valence-corrected chi connectivity index (χ2v) is 6.11. The Morgan fingerprint density at radius 2 is 1.88 bits per heavy atom. The molecule has 0 aromatic heterocycles. The van der Waals surface area contributed by atoms with Crippen LogP contribution in [0.25, 0.3) is 0 Å². The number of hydrogen-bond acceptors (Lipinski definition) is 3. The fourth-order valence-corrected chi connectivity index (χ4v) is 2.54. The van der Waals surface area contributed by atoms with Gasteiger partial charge in [-0.1, -0.05) is 18.2 Å². The van der Waals surface area contributed by atoms with E-state index in [1.54, 1.807) is 12.1 Å².